The van der Waals surface area contributed by atoms with Crippen molar-refractivity contribution in [2.24, 2.45) is 0 Å². The summed E-state index contributed by atoms with van der Waals surface area (Å²) in [6, 6.07) is 2.16. The zero-order valence-corrected chi connectivity index (χ0v) is 13.8. The molecule has 0 bridgehead atoms. The molecule has 2 heterocycles. The van der Waals surface area contributed by atoms with Gasteiger partial charge in [0.25, 0.3) is 5.91 Å². The highest BCUT2D eigenvalue weighted by Crippen LogP contribution is 2.31. The largest absolute Gasteiger partial charge is 0.349 e. The number of amides is 1. The van der Waals surface area contributed by atoms with E-state index in [0.717, 1.165) is 39.1 Å². The first-order valence-corrected chi connectivity index (χ1v) is 7.53. The van der Waals surface area contributed by atoms with E-state index in [9.17, 15) is 4.79 Å². The predicted octanol–water partition coefficient (Wildman–Crippen LogP) is 3.18. The van der Waals surface area contributed by atoms with Gasteiger partial charge in [-0.15, -0.1) is 23.7 Å². The molecule has 1 aliphatic rings. The van der Waals surface area contributed by atoms with Gasteiger partial charge in [-0.1, -0.05) is 0 Å². The van der Waals surface area contributed by atoms with Crippen molar-refractivity contribution in [1.29, 1.82) is 0 Å². The molecule has 2 rings (SSSR count). The van der Waals surface area contributed by atoms with Crippen molar-refractivity contribution in [2.45, 2.75) is 18.9 Å². The second kappa shape index (κ2) is 7.09. The number of hydrogen-bond donors (Lipinski definition) is 2. The highest BCUT2D eigenvalue weighted by Gasteiger charge is 2.19. The van der Waals surface area contributed by atoms with E-state index in [1.54, 1.807) is 0 Å². The number of rotatable bonds is 2. The van der Waals surface area contributed by atoms with E-state index in [2.05, 4.69) is 42.5 Å². The molecule has 1 fully saturated rings. The number of hydrogen-bond acceptors (Lipinski definition) is 3. The van der Waals surface area contributed by atoms with Crippen molar-refractivity contribution in [2.75, 3.05) is 13.1 Å². The number of carbonyl (C=O) groups is 1. The third-order valence-corrected chi connectivity index (χ3v) is 4.91. The molecule has 0 spiro atoms. The van der Waals surface area contributed by atoms with Gasteiger partial charge in [0.2, 0.25) is 0 Å². The quantitative estimate of drug-likeness (QED) is 0.795. The molecule has 0 aromatic carbocycles. The monoisotopic (exact) mass is 402 g/mol. The molecule has 7 heteroatoms. The van der Waals surface area contributed by atoms with E-state index in [1.807, 2.05) is 6.07 Å². The van der Waals surface area contributed by atoms with E-state index >= 15 is 0 Å². The topological polar surface area (TPSA) is 41.1 Å². The van der Waals surface area contributed by atoms with E-state index < -0.39 is 0 Å². The Kier molecular flexibility index (Phi) is 6.44. The maximum absolute atomic E-state index is 12.0. The third-order valence-electron chi connectivity index (χ3n) is 2.58. The number of thiophene rings is 1. The zero-order chi connectivity index (χ0) is 11.5. The second-order valence-corrected chi connectivity index (χ2v) is 7.48. The Bertz CT molecular complexity index is 394. The lowest BCUT2D eigenvalue weighted by molar-refractivity contribution is 0.0929. The summed E-state index contributed by atoms with van der Waals surface area (Å²) in [4.78, 5) is 12.0. The second-order valence-electron chi connectivity index (χ2n) is 3.74. The molecule has 0 aliphatic carbocycles. The Morgan fingerprint density at radius 2 is 2.06 bits per heavy atom. The van der Waals surface area contributed by atoms with Crippen LogP contribution in [-0.2, 0) is 0 Å². The smallest absolute Gasteiger partial charge is 0.253 e. The minimum absolute atomic E-state index is 0. The lowest BCUT2D eigenvalue weighted by Crippen LogP contribution is -2.42. The number of nitrogens with one attached hydrogen (secondary N) is 2. The molecule has 17 heavy (non-hydrogen) atoms. The molecule has 1 aromatic heterocycles. The van der Waals surface area contributed by atoms with E-state index in [0.29, 0.717) is 6.04 Å². The Balaban J connectivity index is 0.00000144. The summed E-state index contributed by atoms with van der Waals surface area (Å²) in [5.74, 6) is 0.0146. The lowest BCUT2D eigenvalue weighted by Gasteiger charge is -2.23. The zero-order valence-electron chi connectivity index (χ0n) is 8.96. The van der Waals surface area contributed by atoms with Crippen molar-refractivity contribution < 1.29 is 4.79 Å². The van der Waals surface area contributed by atoms with E-state index in [-0.39, 0.29) is 18.3 Å². The predicted molar refractivity (Wildman–Crippen MR) is 80.3 cm³/mol. The van der Waals surface area contributed by atoms with Crippen LogP contribution >= 0.6 is 55.6 Å². The molecule has 1 aromatic rings. The first kappa shape index (κ1) is 15.4. The third kappa shape index (κ3) is 4.21. The maximum Gasteiger partial charge on any atom is 0.253 e. The van der Waals surface area contributed by atoms with Gasteiger partial charge in [-0.25, -0.2) is 0 Å². The van der Waals surface area contributed by atoms with Crippen LogP contribution in [0, 0.1) is 0 Å². The van der Waals surface area contributed by atoms with Gasteiger partial charge in [-0.05, 0) is 63.9 Å². The van der Waals surface area contributed by atoms with Crippen LogP contribution in [0.2, 0.25) is 0 Å². The molecule has 96 valence electrons. The molecular weight excluding hydrogens is 391 g/mol. The highest BCUT2D eigenvalue weighted by molar-refractivity contribution is 9.12. The van der Waals surface area contributed by atoms with Crippen LogP contribution in [-0.4, -0.2) is 25.0 Å². The van der Waals surface area contributed by atoms with Crippen molar-refractivity contribution >= 4 is 61.5 Å². The van der Waals surface area contributed by atoms with Crippen molar-refractivity contribution in [3.63, 3.8) is 0 Å². The molecule has 0 atom stereocenters. The standard InChI is InChI=1S/C10H12Br2N2OS.ClH/c11-8-5-7(9(12)16-8)10(15)14-6-1-3-13-4-2-6;/h5-6,13H,1-4H2,(H,14,15);1H. The molecule has 0 unspecified atom stereocenters. The fourth-order valence-corrected chi connectivity index (χ4v) is 4.52. The molecule has 1 amide bonds. The first-order valence-electron chi connectivity index (χ1n) is 5.13. The molecule has 0 radical (unpaired) electrons. The molecular formula is C10H13Br2ClN2OS. The van der Waals surface area contributed by atoms with Crippen LogP contribution in [0.1, 0.15) is 23.2 Å². The number of piperidine rings is 1. The molecule has 3 nitrogen and oxygen atoms in total. The summed E-state index contributed by atoms with van der Waals surface area (Å²) in [6.45, 7) is 1.97. The van der Waals surface area contributed by atoms with Crippen molar-refractivity contribution in [3.8, 4) is 0 Å². The summed E-state index contributed by atoms with van der Waals surface area (Å²) in [7, 11) is 0. The summed E-state index contributed by atoms with van der Waals surface area (Å²) in [5, 5.41) is 6.34. The SMILES string of the molecule is Cl.O=C(NC1CCNCC1)c1cc(Br)sc1Br. The number of halogens is 3. The van der Waals surface area contributed by atoms with Gasteiger partial charge in [-0.2, -0.15) is 0 Å². The van der Waals surface area contributed by atoms with Crippen LogP contribution in [0.5, 0.6) is 0 Å². The minimum atomic E-state index is 0. The van der Waals surface area contributed by atoms with Crippen LogP contribution < -0.4 is 10.6 Å². The minimum Gasteiger partial charge on any atom is -0.349 e. The Morgan fingerprint density at radius 1 is 1.41 bits per heavy atom. The van der Waals surface area contributed by atoms with Crippen molar-refractivity contribution in [1.82, 2.24) is 10.6 Å². The Labute approximate surface area is 127 Å². The van der Waals surface area contributed by atoms with Crippen molar-refractivity contribution in [3.05, 3.63) is 19.2 Å². The van der Waals surface area contributed by atoms with Gasteiger partial charge in [0.1, 0.15) is 0 Å². The van der Waals surface area contributed by atoms with Crippen LogP contribution in [0.3, 0.4) is 0 Å². The Hall–Kier alpha value is 0.380. The van der Waals surface area contributed by atoms with Gasteiger partial charge in [0.05, 0.1) is 13.1 Å². The van der Waals surface area contributed by atoms with Crippen LogP contribution in [0.15, 0.2) is 13.6 Å². The van der Waals surface area contributed by atoms with Gasteiger partial charge in [-0.3, -0.25) is 4.79 Å². The Morgan fingerprint density at radius 3 is 2.59 bits per heavy atom. The van der Waals surface area contributed by atoms with Gasteiger partial charge in [0, 0.05) is 6.04 Å². The first-order chi connectivity index (χ1) is 7.66. The number of carbonyl (C=O) groups excluding carboxylic acids is 1. The summed E-state index contributed by atoms with van der Waals surface area (Å²) < 4.78 is 1.85. The molecule has 1 saturated heterocycles. The lowest BCUT2D eigenvalue weighted by atomic mass is 10.1. The summed E-state index contributed by atoms with van der Waals surface area (Å²) in [5.41, 5.74) is 0.718. The summed E-state index contributed by atoms with van der Waals surface area (Å²) >= 11 is 8.29. The molecule has 2 N–H and O–H groups in total. The molecule has 0 saturated carbocycles. The van der Waals surface area contributed by atoms with E-state index in [1.165, 1.54) is 11.3 Å². The van der Waals surface area contributed by atoms with Crippen LogP contribution in [0.25, 0.3) is 0 Å². The highest BCUT2D eigenvalue weighted by atomic mass is 79.9. The average Bonchev–Trinajstić information content (AvgIpc) is 2.59. The summed E-state index contributed by atoms with van der Waals surface area (Å²) in [6.07, 6.45) is 2.02. The van der Waals surface area contributed by atoms with Gasteiger partial charge >= 0.3 is 0 Å². The van der Waals surface area contributed by atoms with Crippen LogP contribution in [0.4, 0.5) is 0 Å². The maximum atomic E-state index is 12.0. The average molecular weight is 405 g/mol. The van der Waals surface area contributed by atoms with Gasteiger partial charge in [0.15, 0.2) is 0 Å². The fourth-order valence-electron chi connectivity index (χ4n) is 1.72. The molecule has 1 aliphatic heterocycles. The normalized spacial score (nSPS) is 16.4. The van der Waals surface area contributed by atoms with Gasteiger partial charge < -0.3 is 10.6 Å². The van der Waals surface area contributed by atoms with E-state index in [4.69, 9.17) is 0 Å². The fraction of sp³-hybridized carbons (Fsp3) is 0.500.